The van der Waals surface area contributed by atoms with Crippen molar-refractivity contribution in [2.75, 3.05) is 12.9 Å². The molecule has 100 valence electrons. The molecule has 0 aliphatic heterocycles. The van der Waals surface area contributed by atoms with Crippen molar-refractivity contribution in [1.82, 2.24) is 5.32 Å². The van der Waals surface area contributed by atoms with E-state index in [1.54, 1.807) is 0 Å². The minimum Gasteiger partial charge on any atom is -0.465 e. The van der Waals surface area contributed by atoms with Crippen molar-refractivity contribution in [3.8, 4) is 0 Å². The number of nitrogens with one attached hydrogen (secondary N) is 1. The van der Waals surface area contributed by atoms with Crippen LogP contribution in [0.25, 0.3) is 0 Å². The number of carbonyl (C=O) groups excluding carboxylic acids is 1. The van der Waals surface area contributed by atoms with Crippen LogP contribution in [-0.4, -0.2) is 36.2 Å². The number of rotatable bonds is 6. The van der Waals surface area contributed by atoms with Crippen molar-refractivity contribution >= 4 is 17.7 Å². The molecule has 0 bridgehead atoms. The second-order valence-corrected chi connectivity index (χ2v) is 5.62. The van der Waals surface area contributed by atoms with E-state index in [0.29, 0.717) is 17.9 Å². The van der Waals surface area contributed by atoms with Crippen LogP contribution < -0.4 is 5.32 Å². The second-order valence-electron chi connectivity index (χ2n) is 4.54. The molecule has 3 atom stereocenters. The van der Waals surface area contributed by atoms with Crippen LogP contribution in [0.4, 0.5) is 0 Å². The van der Waals surface area contributed by atoms with E-state index < -0.39 is 0 Å². The lowest BCUT2D eigenvalue weighted by Gasteiger charge is -2.33. The minimum absolute atomic E-state index is 0.0968. The van der Waals surface area contributed by atoms with E-state index in [0.717, 1.165) is 6.42 Å². The van der Waals surface area contributed by atoms with Crippen LogP contribution in [-0.2, 0) is 9.53 Å². The summed E-state index contributed by atoms with van der Waals surface area (Å²) in [6, 6.07) is 0.334. The predicted octanol–water partition coefficient (Wildman–Crippen LogP) is 2.59. The molecule has 0 saturated heterocycles. The molecule has 4 heteroatoms. The van der Waals surface area contributed by atoms with Gasteiger partial charge in [0.05, 0.1) is 6.61 Å². The molecule has 3 nitrogen and oxygen atoms in total. The first-order valence-corrected chi connectivity index (χ1v) is 7.97. The SMILES string of the molecule is CCOC(=O)C(CC)NC1CCCCC1SC. The van der Waals surface area contributed by atoms with Crippen LogP contribution in [0, 0.1) is 0 Å². The summed E-state index contributed by atoms with van der Waals surface area (Å²) in [6.45, 7) is 4.36. The Bertz CT molecular complexity index is 235. The van der Waals surface area contributed by atoms with Gasteiger partial charge in [0.2, 0.25) is 0 Å². The van der Waals surface area contributed by atoms with E-state index in [1.807, 2.05) is 25.6 Å². The number of hydrogen-bond acceptors (Lipinski definition) is 4. The summed E-state index contributed by atoms with van der Waals surface area (Å²) in [5.41, 5.74) is 0. The van der Waals surface area contributed by atoms with Crippen LogP contribution in [0.3, 0.4) is 0 Å². The first kappa shape index (κ1) is 14.8. The molecular weight excluding hydrogens is 234 g/mol. The van der Waals surface area contributed by atoms with Gasteiger partial charge in [-0.3, -0.25) is 4.79 Å². The molecule has 1 N–H and O–H groups in total. The van der Waals surface area contributed by atoms with Crippen molar-refractivity contribution in [2.24, 2.45) is 0 Å². The highest BCUT2D eigenvalue weighted by Crippen LogP contribution is 2.27. The number of esters is 1. The third-order valence-electron chi connectivity index (χ3n) is 3.40. The molecule has 1 rings (SSSR count). The Morgan fingerprint density at radius 2 is 2.12 bits per heavy atom. The standard InChI is InChI=1S/C13H25NO2S/c1-4-10(13(15)16-5-2)14-11-8-6-7-9-12(11)17-3/h10-12,14H,4-9H2,1-3H3. The monoisotopic (exact) mass is 259 g/mol. The zero-order valence-corrected chi connectivity index (χ0v) is 12.0. The molecule has 0 radical (unpaired) electrons. The first-order valence-electron chi connectivity index (χ1n) is 6.68. The molecule has 17 heavy (non-hydrogen) atoms. The van der Waals surface area contributed by atoms with Gasteiger partial charge in [0, 0.05) is 11.3 Å². The van der Waals surface area contributed by atoms with Gasteiger partial charge in [0.15, 0.2) is 0 Å². The highest BCUT2D eigenvalue weighted by molar-refractivity contribution is 7.99. The van der Waals surface area contributed by atoms with Gasteiger partial charge in [-0.2, -0.15) is 11.8 Å². The van der Waals surface area contributed by atoms with Gasteiger partial charge >= 0.3 is 5.97 Å². The highest BCUT2D eigenvalue weighted by atomic mass is 32.2. The summed E-state index contributed by atoms with van der Waals surface area (Å²) < 4.78 is 5.10. The molecule has 1 aliphatic carbocycles. The fourth-order valence-electron chi connectivity index (χ4n) is 2.42. The van der Waals surface area contributed by atoms with Gasteiger partial charge in [-0.05, 0) is 32.4 Å². The van der Waals surface area contributed by atoms with Gasteiger partial charge in [0.1, 0.15) is 6.04 Å². The van der Waals surface area contributed by atoms with Crippen molar-refractivity contribution in [3.05, 3.63) is 0 Å². The number of thioether (sulfide) groups is 1. The summed E-state index contributed by atoms with van der Waals surface area (Å²) in [7, 11) is 0. The molecular formula is C13H25NO2S. The Morgan fingerprint density at radius 1 is 1.41 bits per heavy atom. The van der Waals surface area contributed by atoms with Crippen LogP contribution in [0.2, 0.25) is 0 Å². The molecule has 1 fully saturated rings. The van der Waals surface area contributed by atoms with Crippen molar-refractivity contribution in [3.63, 3.8) is 0 Å². The highest BCUT2D eigenvalue weighted by Gasteiger charge is 2.28. The van der Waals surface area contributed by atoms with Crippen LogP contribution in [0.15, 0.2) is 0 Å². The van der Waals surface area contributed by atoms with Crippen molar-refractivity contribution in [2.45, 2.75) is 63.3 Å². The second kappa shape index (κ2) is 7.98. The van der Waals surface area contributed by atoms with E-state index >= 15 is 0 Å². The molecule has 3 unspecified atom stereocenters. The molecule has 1 saturated carbocycles. The minimum atomic E-state index is -0.132. The zero-order chi connectivity index (χ0) is 12.7. The summed E-state index contributed by atoms with van der Waals surface area (Å²) in [5, 5.41) is 4.14. The number of carbonyl (C=O) groups is 1. The molecule has 0 aromatic rings. The molecule has 0 heterocycles. The summed E-state index contributed by atoms with van der Waals surface area (Å²) in [4.78, 5) is 11.8. The fourth-order valence-corrected chi connectivity index (χ4v) is 3.37. The normalized spacial score (nSPS) is 26.5. The molecule has 0 spiro atoms. The Kier molecular flexibility index (Phi) is 6.97. The smallest absolute Gasteiger partial charge is 0.323 e. The average Bonchev–Trinajstić information content (AvgIpc) is 2.36. The largest absolute Gasteiger partial charge is 0.465 e. The van der Waals surface area contributed by atoms with E-state index in [1.165, 1.54) is 25.7 Å². The van der Waals surface area contributed by atoms with Crippen LogP contribution in [0.1, 0.15) is 46.0 Å². The maximum atomic E-state index is 11.8. The van der Waals surface area contributed by atoms with Gasteiger partial charge in [0.25, 0.3) is 0 Å². The van der Waals surface area contributed by atoms with Crippen molar-refractivity contribution < 1.29 is 9.53 Å². The van der Waals surface area contributed by atoms with E-state index in [2.05, 4.69) is 11.6 Å². The third-order valence-corrected chi connectivity index (χ3v) is 4.57. The fraction of sp³-hybridized carbons (Fsp3) is 0.923. The maximum Gasteiger partial charge on any atom is 0.323 e. The Morgan fingerprint density at radius 3 is 2.71 bits per heavy atom. The molecule has 1 aliphatic rings. The Labute approximate surface area is 109 Å². The Hall–Kier alpha value is -0.220. The van der Waals surface area contributed by atoms with Gasteiger partial charge in [-0.15, -0.1) is 0 Å². The molecule has 0 aromatic heterocycles. The lowest BCUT2D eigenvalue weighted by Crippen LogP contribution is -2.49. The first-order chi connectivity index (χ1) is 8.22. The van der Waals surface area contributed by atoms with Gasteiger partial charge < -0.3 is 10.1 Å². The number of ether oxygens (including phenoxy) is 1. The quantitative estimate of drug-likeness (QED) is 0.744. The lowest BCUT2D eigenvalue weighted by molar-refractivity contribution is -0.146. The summed E-state index contributed by atoms with van der Waals surface area (Å²) in [6.07, 6.45) is 8.00. The number of hydrogen-bond donors (Lipinski definition) is 1. The topological polar surface area (TPSA) is 38.3 Å². The average molecular weight is 259 g/mol. The van der Waals surface area contributed by atoms with E-state index in [4.69, 9.17) is 4.74 Å². The third kappa shape index (κ3) is 4.51. The predicted molar refractivity (Wildman–Crippen MR) is 73.4 cm³/mol. The Balaban J connectivity index is 2.50. The van der Waals surface area contributed by atoms with E-state index in [9.17, 15) is 4.79 Å². The maximum absolute atomic E-state index is 11.8. The van der Waals surface area contributed by atoms with Crippen LogP contribution >= 0.6 is 11.8 Å². The van der Waals surface area contributed by atoms with Crippen molar-refractivity contribution in [1.29, 1.82) is 0 Å². The lowest BCUT2D eigenvalue weighted by atomic mass is 9.94. The van der Waals surface area contributed by atoms with E-state index in [-0.39, 0.29) is 12.0 Å². The summed E-state index contributed by atoms with van der Waals surface area (Å²) >= 11 is 1.92. The van der Waals surface area contributed by atoms with Gasteiger partial charge in [-0.1, -0.05) is 19.8 Å². The zero-order valence-electron chi connectivity index (χ0n) is 11.2. The molecule has 0 amide bonds. The van der Waals surface area contributed by atoms with Gasteiger partial charge in [-0.25, -0.2) is 0 Å². The summed E-state index contributed by atoms with van der Waals surface area (Å²) in [5.74, 6) is -0.0968. The van der Waals surface area contributed by atoms with Crippen LogP contribution in [0.5, 0.6) is 0 Å². The molecule has 0 aromatic carbocycles.